The van der Waals surface area contributed by atoms with E-state index in [2.05, 4.69) is 20.8 Å². The summed E-state index contributed by atoms with van der Waals surface area (Å²) in [6, 6.07) is 19.2. The summed E-state index contributed by atoms with van der Waals surface area (Å²) in [5, 5.41) is 21.8. The van der Waals surface area contributed by atoms with Crippen LogP contribution in [0.3, 0.4) is 0 Å². The molecule has 2 amide bonds. The Morgan fingerprint density at radius 3 is 2.26 bits per heavy atom. The lowest BCUT2D eigenvalue weighted by atomic mass is 9.78. The van der Waals surface area contributed by atoms with Crippen molar-refractivity contribution >= 4 is 23.5 Å². The Labute approximate surface area is 204 Å². The van der Waals surface area contributed by atoms with Crippen molar-refractivity contribution < 1.29 is 19.5 Å². The molecule has 1 aliphatic rings. The van der Waals surface area contributed by atoms with Crippen LogP contribution in [0, 0.1) is 5.92 Å². The van der Waals surface area contributed by atoms with E-state index in [1.54, 1.807) is 6.07 Å². The van der Waals surface area contributed by atoms with Crippen LogP contribution in [0.15, 0.2) is 60.7 Å². The summed E-state index contributed by atoms with van der Waals surface area (Å²) < 4.78 is 0. The monoisotopic (exact) mass is 474 g/mol. The van der Waals surface area contributed by atoms with E-state index in [9.17, 15) is 19.5 Å². The average Bonchev–Trinajstić information content (AvgIpc) is 3.35. The van der Waals surface area contributed by atoms with Crippen molar-refractivity contribution in [2.45, 2.75) is 51.0 Å². The van der Waals surface area contributed by atoms with Crippen LogP contribution in [-0.2, 0) is 9.59 Å². The zero-order valence-corrected chi connectivity index (χ0v) is 19.9. The molecule has 0 aliphatic heterocycles. The number of amides is 2. The number of hydrogen-bond donors (Lipinski definition) is 4. The summed E-state index contributed by atoms with van der Waals surface area (Å²) in [4.78, 5) is 36.4. The molecule has 1 heterocycles. The number of rotatable bonds is 7. The first-order chi connectivity index (χ1) is 16.7. The van der Waals surface area contributed by atoms with Gasteiger partial charge in [0.05, 0.1) is 5.69 Å². The fourth-order valence-electron chi connectivity index (χ4n) is 4.38. The number of anilines is 1. The third kappa shape index (κ3) is 5.77. The van der Waals surface area contributed by atoms with Gasteiger partial charge in [-0.05, 0) is 69.2 Å². The lowest BCUT2D eigenvalue weighted by molar-refractivity contribution is -0.146. The molecule has 0 spiro atoms. The minimum absolute atomic E-state index is 0.168. The maximum Gasteiger partial charge on any atom is 0.328 e. The van der Waals surface area contributed by atoms with Gasteiger partial charge < -0.3 is 15.7 Å². The van der Waals surface area contributed by atoms with Crippen molar-refractivity contribution in [1.82, 2.24) is 15.5 Å². The van der Waals surface area contributed by atoms with Gasteiger partial charge in [0.1, 0.15) is 11.2 Å². The smallest absolute Gasteiger partial charge is 0.328 e. The number of aromatic amines is 1. The summed E-state index contributed by atoms with van der Waals surface area (Å²) in [6.07, 6.45) is 3.14. The average molecular weight is 475 g/mol. The molecule has 8 nitrogen and oxygen atoms in total. The number of carbonyl (C=O) groups excluding carboxylic acids is 2. The van der Waals surface area contributed by atoms with Crippen molar-refractivity contribution in [2.24, 2.45) is 5.92 Å². The maximum absolute atomic E-state index is 12.6. The van der Waals surface area contributed by atoms with Crippen LogP contribution in [0.4, 0.5) is 5.69 Å². The Morgan fingerprint density at radius 2 is 1.63 bits per heavy atom. The number of hydrogen-bond acceptors (Lipinski definition) is 4. The molecule has 0 radical (unpaired) electrons. The number of benzene rings is 2. The van der Waals surface area contributed by atoms with Crippen LogP contribution in [0.1, 0.15) is 61.5 Å². The molecule has 1 fully saturated rings. The molecule has 2 aromatic carbocycles. The second-order valence-corrected chi connectivity index (χ2v) is 9.58. The Morgan fingerprint density at radius 1 is 0.971 bits per heavy atom. The van der Waals surface area contributed by atoms with E-state index in [0.29, 0.717) is 35.8 Å². The Bertz CT molecular complexity index is 1190. The Balaban J connectivity index is 1.30. The molecule has 3 aromatic rings. The molecule has 0 bridgehead atoms. The fourth-order valence-corrected chi connectivity index (χ4v) is 4.38. The van der Waals surface area contributed by atoms with Crippen molar-refractivity contribution in [3.05, 3.63) is 71.9 Å². The highest BCUT2D eigenvalue weighted by Crippen LogP contribution is 2.36. The van der Waals surface area contributed by atoms with Crippen LogP contribution in [0.25, 0.3) is 11.3 Å². The quantitative estimate of drug-likeness (QED) is 0.399. The van der Waals surface area contributed by atoms with Crippen molar-refractivity contribution in [3.8, 4) is 11.3 Å². The van der Waals surface area contributed by atoms with E-state index in [1.807, 2.05) is 54.6 Å². The number of aliphatic carboxylic acids is 1. The topological polar surface area (TPSA) is 124 Å². The van der Waals surface area contributed by atoms with E-state index in [1.165, 1.54) is 19.4 Å². The van der Waals surface area contributed by atoms with Gasteiger partial charge >= 0.3 is 5.97 Å². The van der Waals surface area contributed by atoms with Gasteiger partial charge in [0, 0.05) is 17.2 Å². The van der Waals surface area contributed by atoms with Gasteiger partial charge in [-0.25, -0.2) is 4.79 Å². The van der Waals surface area contributed by atoms with Crippen molar-refractivity contribution in [3.63, 3.8) is 0 Å². The predicted octanol–water partition coefficient (Wildman–Crippen LogP) is 4.58. The summed E-state index contributed by atoms with van der Waals surface area (Å²) in [6.45, 7) is 2.99. The van der Waals surface area contributed by atoms with Crippen LogP contribution < -0.4 is 10.6 Å². The second kappa shape index (κ2) is 10.1. The molecule has 35 heavy (non-hydrogen) atoms. The van der Waals surface area contributed by atoms with Gasteiger partial charge in [-0.2, -0.15) is 5.10 Å². The first kappa shape index (κ1) is 24.2. The van der Waals surface area contributed by atoms with E-state index < -0.39 is 11.5 Å². The summed E-state index contributed by atoms with van der Waals surface area (Å²) in [5.74, 6) is -1.34. The van der Waals surface area contributed by atoms with Gasteiger partial charge in [-0.3, -0.25) is 14.7 Å². The SMILES string of the molecule is CC(C)(NC(=O)[C@H]1CC[C@H](c2ccc(NC(=O)c3cc(-c4ccccc4)n[nH]3)cc2)CC1)C(=O)O. The maximum atomic E-state index is 12.6. The molecule has 4 N–H and O–H groups in total. The minimum atomic E-state index is -1.27. The van der Waals surface area contributed by atoms with E-state index in [4.69, 9.17) is 0 Å². The fraction of sp³-hybridized carbons (Fsp3) is 0.333. The number of nitrogens with one attached hydrogen (secondary N) is 3. The molecular formula is C27H30N4O4. The van der Waals surface area contributed by atoms with E-state index >= 15 is 0 Å². The van der Waals surface area contributed by atoms with Crippen LogP contribution in [0.2, 0.25) is 0 Å². The molecule has 4 rings (SSSR count). The predicted molar refractivity (Wildman–Crippen MR) is 133 cm³/mol. The lowest BCUT2D eigenvalue weighted by Crippen LogP contribution is -2.51. The zero-order chi connectivity index (χ0) is 25.0. The van der Waals surface area contributed by atoms with Gasteiger partial charge in [-0.15, -0.1) is 0 Å². The van der Waals surface area contributed by atoms with Gasteiger partial charge in [-0.1, -0.05) is 42.5 Å². The molecule has 1 aliphatic carbocycles. The second-order valence-electron chi connectivity index (χ2n) is 9.58. The summed E-state index contributed by atoms with van der Waals surface area (Å²) in [7, 11) is 0. The van der Waals surface area contributed by atoms with Crippen LogP contribution >= 0.6 is 0 Å². The third-order valence-electron chi connectivity index (χ3n) is 6.60. The minimum Gasteiger partial charge on any atom is -0.480 e. The number of aromatic nitrogens is 2. The zero-order valence-electron chi connectivity index (χ0n) is 19.9. The molecule has 0 saturated heterocycles. The molecule has 0 unspecified atom stereocenters. The van der Waals surface area contributed by atoms with Crippen molar-refractivity contribution in [2.75, 3.05) is 5.32 Å². The van der Waals surface area contributed by atoms with Gasteiger partial charge in [0.25, 0.3) is 5.91 Å². The molecule has 1 aromatic heterocycles. The normalized spacial score (nSPS) is 18.0. The number of carboxylic acids is 1. The largest absolute Gasteiger partial charge is 0.480 e. The number of H-pyrrole nitrogens is 1. The standard InChI is InChI=1S/C27H30N4O4/c1-27(2,26(34)35)29-24(32)20-10-8-17(9-11-20)18-12-14-21(15-13-18)28-25(33)23-16-22(30-31-23)19-6-4-3-5-7-19/h3-7,12-17,20H,8-11H2,1-2H3,(H,28,33)(H,29,32)(H,30,31)(H,34,35)/t17-,20-. The third-order valence-corrected chi connectivity index (χ3v) is 6.60. The first-order valence-corrected chi connectivity index (χ1v) is 11.8. The molecule has 1 saturated carbocycles. The highest BCUT2D eigenvalue weighted by Gasteiger charge is 2.33. The molecule has 8 heteroatoms. The van der Waals surface area contributed by atoms with Gasteiger partial charge in [0.2, 0.25) is 5.91 Å². The number of carbonyl (C=O) groups is 3. The Kier molecular flexibility index (Phi) is 7.00. The highest BCUT2D eigenvalue weighted by atomic mass is 16.4. The molecule has 0 atom stereocenters. The molecule has 182 valence electrons. The summed E-state index contributed by atoms with van der Waals surface area (Å²) >= 11 is 0. The van der Waals surface area contributed by atoms with Crippen LogP contribution in [-0.4, -0.2) is 38.6 Å². The summed E-state index contributed by atoms with van der Waals surface area (Å²) in [5.41, 5.74) is 2.62. The highest BCUT2D eigenvalue weighted by molar-refractivity contribution is 6.03. The van der Waals surface area contributed by atoms with Crippen LogP contribution in [0.5, 0.6) is 0 Å². The van der Waals surface area contributed by atoms with E-state index in [-0.39, 0.29) is 17.7 Å². The lowest BCUT2D eigenvalue weighted by Gasteiger charge is -2.30. The van der Waals surface area contributed by atoms with Gasteiger partial charge in [0.15, 0.2) is 0 Å². The number of carboxylic acid groups (broad SMARTS) is 1. The first-order valence-electron chi connectivity index (χ1n) is 11.8. The molecular weight excluding hydrogens is 444 g/mol. The number of nitrogens with zero attached hydrogens (tertiary/aromatic N) is 1. The van der Waals surface area contributed by atoms with Crippen molar-refractivity contribution in [1.29, 1.82) is 0 Å². The Hall–Kier alpha value is -3.94. The van der Waals surface area contributed by atoms with E-state index in [0.717, 1.165) is 18.4 Å².